The zero-order valence-electron chi connectivity index (χ0n) is 8.70. The molecule has 1 aromatic carbocycles. The molecule has 0 radical (unpaired) electrons. The first-order valence-corrected chi connectivity index (χ1v) is 7.08. The SMILES string of the molecule is CCC(Br)NS(=O)(=O)c1ccc(C)cc1. The van der Waals surface area contributed by atoms with Gasteiger partial charge >= 0.3 is 0 Å². The van der Waals surface area contributed by atoms with Crippen molar-refractivity contribution in [2.45, 2.75) is 30.1 Å². The molecule has 0 aliphatic carbocycles. The molecule has 1 unspecified atom stereocenters. The number of aryl methyl sites for hydroxylation is 1. The van der Waals surface area contributed by atoms with E-state index in [0.717, 1.165) is 5.56 Å². The molecular weight excluding hydrogens is 278 g/mol. The van der Waals surface area contributed by atoms with Gasteiger partial charge in [-0.25, -0.2) is 8.42 Å². The van der Waals surface area contributed by atoms with Gasteiger partial charge in [-0.3, -0.25) is 0 Å². The second-order valence-electron chi connectivity index (χ2n) is 3.31. The van der Waals surface area contributed by atoms with Crippen molar-refractivity contribution < 1.29 is 8.42 Å². The van der Waals surface area contributed by atoms with Gasteiger partial charge in [0.1, 0.15) is 0 Å². The number of halogens is 1. The topological polar surface area (TPSA) is 46.2 Å². The third-order valence-corrected chi connectivity index (χ3v) is 4.64. The van der Waals surface area contributed by atoms with E-state index < -0.39 is 10.0 Å². The Morgan fingerprint density at radius 1 is 1.33 bits per heavy atom. The van der Waals surface area contributed by atoms with Crippen LogP contribution in [0.25, 0.3) is 0 Å². The molecule has 0 aliphatic rings. The molecule has 0 aliphatic heterocycles. The molecule has 5 heteroatoms. The number of alkyl halides is 1. The molecular formula is C10H14BrNO2S. The predicted molar refractivity (Wildman–Crippen MR) is 64.5 cm³/mol. The number of benzene rings is 1. The van der Waals surface area contributed by atoms with Gasteiger partial charge in [0.15, 0.2) is 0 Å². The fourth-order valence-corrected chi connectivity index (χ4v) is 2.91. The quantitative estimate of drug-likeness (QED) is 0.684. The highest BCUT2D eigenvalue weighted by Crippen LogP contribution is 2.12. The zero-order valence-corrected chi connectivity index (χ0v) is 11.1. The van der Waals surface area contributed by atoms with E-state index in [9.17, 15) is 8.42 Å². The van der Waals surface area contributed by atoms with Crippen LogP contribution in [0.2, 0.25) is 0 Å². The summed E-state index contributed by atoms with van der Waals surface area (Å²) in [4.78, 5) is 0.0785. The third-order valence-electron chi connectivity index (χ3n) is 1.97. The second kappa shape index (κ2) is 5.09. The molecule has 1 rings (SSSR count). The Bertz CT molecular complexity index is 414. The van der Waals surface area contributed by atoms with Crippen molar-refractivity contribution in [3.63, 3.8) is 0 Å². The fourth-order valence-electron chi connectivity index (χ4n) is 1.04. The molecule has 0 saturated carbocycles. The van der Waals surface area contributed by atoms with Gasteiger partial charge in [0.25, 0.3) is 0 Å². The van der Waals surface area contributed by atoms with E-state index in [-0.39, 0.29) is 4.95 Å². The Balaban J connectivity index is 2.91. The summed E-state index contributed by atoms with van der Waals surface area (Å²) in [7, 11) is -3.39. The summed E-state index contributed by atoms with van der Waals surface area (Å²) >= 11 is 3.23. The van der Waals surface area contributed by atoms with Crippen molar-refractivity contribution in [1.29, 1.82) is 0 Å². The van der Waals surface area contributed by atoms with Gasteiger partial charge in [0.2, 0.25) is 10.0 Å². The van der Waals surface area contributed by atoms with Gasteiger partial charge in [0.05, 0.1) is 9.85 Å². The van der Waals surface area contributed by atoms with Gasteiger partial charge < -0.3 is 0 Å². The average molecular weight is 292 g/mol. The Morgan fingerprint density at radius 3 is 2.33 bits per heavy atom. The van der Waals surface area contributed by atoms with Crippen molar-refractivity contribution in [3.8, 4) is 0 Å². The van der Waals surface area contributed by atoms with E-state index in [1.165, 1.54) is 0 Å². The van der Waals surface area contributed by atoms with Gasteiger partial charge in [0, 0.05) is 0 Å². The fraction of sp³-hybridized carbons (Fsp3) is 0.400. The van der Waals surface area contributed by atoms with E-state index in [0.29, 0.717) is 11.3 Å². The van der Waals surface area contributed by atoms with Crippen LogP contribution in [-0.4, -0.2) is 13.4 Å². The van der Waals surface area contributed by atoms with Gasteiger partial charge in [-0.1, -0.05) is 40.5 Å². The average Bonchev–Trinajstić information content (AvgIpc) is 2.17. The van der Waals surface area contributed by atoms with Gasteiger partial charge in [-0.2, -0.15) is 4.72 Å². The normalized spacial score (nSPS) is 13.8. The van der Waals surface area contributed by atoms with Crippen molar-refractivity contribution >= 4 is 26.0 Å². The van der Waals surface area contributed by atoms with E-state index in [1.807, 2.05) is 13.8 Å². The first-order chi connectivity index (χ1) is 6.95. The van der Waals surface area contributed by atoms with Crippen molar-refractivity contribution in [3.05, 3.63) is 29.8 Å². The maximum absolute atomic E-state index is 11.8. The van der Waals surface area contributed by atoms with Gasteiger partial charge in [-0.15, -0.1) is 0 Å². The summed E-state index contributed by atoms with van der Waals surface area (Å²) in [6.45, 7) is 3.82. The summed E-state index contributed by atoms with van der Waals surface area (Å²) in [6, 6.07) is 6.77. The molecule has 0 heterocycles. The van der Waals surface area contributed by atoms with Crippen LogP contribution in [0.4, 0.5) is 0 Å². The van der Waals surface area contributed by atoms with Gasteiger partial charge in [-0.05, 0) is 25.5 Å². The molecule has 1 atom stereocenters. The van der Waals surface area contributed by atoms with Crippen LogP contribution in [0.3, 0.4) is 0 Å². The van der Waals surface area contributed by atoms with Crippen molar-refractivity contribution in [2.75, 3.05) is 0 Å². The Morgan fingerprint density at radius 2 is 1.87 bits per heavy atom. The number of sulfonamides is 1. The predicted octanol–water partition coefficient (Wildman–Crippen LogP) is 2.40. The highest BCUT2D eigenvalue weighted by molar-refractivity contribution is 9.09. The second-order valence-corrected chi connectivity index (χ2v) is 6.13. The smallest absolute Gasteiger partial charge is 0.207 e. The molecule has 0 spiro atoms. The summed E-state index contributed by atoms with van der Waals surface area (Å²) in [5, 5.41) is 0. The molecule has 3 nitrogen and oxygen atoms in total. The monoisotopic (exact) mass is 291 g/mol. The maximum atomic E-state index is 11.8. The summed E-state index contributed by atoms with van der Waals surface area (Å²) in [5.41, 5.74) is 1.04. The van der Waals surface area contributed by atoms with Crippen LogP contribution in [0, 0.1) is 6.92 Å². The highest BCUT2D eigenvalue weighted by Gasteiger charge is 2.16. The summed E-state index contributed by atoms with van der Waals surface area (Å²) in [6.07, 6.45) is 0.699. The van der Waals surface area contributed by atoms with E-state index >= 15 is 0 Å². The lowest BCUT2D eigenvalue weighted by Gasteiger charge is -2.10. The Kier molecular flexibility index (Phi) is 4.31. The molecule has 0 bridgehead atoms. The lowest BCUT2D eigenvalue weighted by Crippen LogP contribution is -2.29. The molecule has 84 valence electrons. The first kappa shape index (κ1) is 12.7. The minimum Gasteiger partial charge on any atom is -0.207 e. The van der Waals surface area contributed by atoms with Crippen molar-refractivity contribution in [2.24, 2.45) is 0 Å². The molecule has 0 fully saturated rings. The first-order valence-electron chi connectivity index (χ1n) is 4.69. The minimum absolute atomic E-state index is 0.219. The summed E-state index contributed by atoms with van der Waals surface area (Å²) < 4.78 is 26.1. The van der Waals surface area contributed by atoms with Crippen LogP contribution >= 0.6 is 15.9 Å². The Labute approximate surface area is 99.1 Å². The van der Waals surface area contributed by atoms with Crippen LogP contribution in [0.5, 0.6) is 0 Å². The molecule has 15 heavy (non-hydrogen) atoms. The van der Waals surface area contributed by atoms with Crippen molar-refractivity contribution in [1.82, 2.24) is 4.72 Å². The van der Waals surface area contributed by atoms with E-state index in [2.05, 4.69) is 20.7 Å². The minimum atomic E-state index is -3.39. The van der Waals surface area contributed by atoms with E-state index in [4.69, 9.17) is 0 Å². The Hall–Kier alpha value is -0.390. The lowest BCUT2D eigenvalue weighted by atomic mass is 10.2. The molecule has 0 saturated heterocycles. The largest absolute Gasteiger partial charge is 0.241 e. The van der Waals surface area contributed by atoms with Crippen LogP contribution in [0.1, 0.15) is 18.9 Å². The number of hydrogen-bond acceptors (Lipinski definition) is 2. The number of nitrogens with one attached hydrogen (secondary N) is 1. The zero-order chi connectivity index (χ0) is 11.5. The number of hydrogen-bond donors (Lipinski definition) is 1. The molecule has 0 amide bonds. The lowest BCUT2D eigenvalue weighted by molar-refractivity contribution is 0.577. The standard InChI is InChI=1S/C10H14BrNO2S/c1-3-10(11)12-15(13,14)9-6-4-8(2)5-7-9/h4-7,10,12H,3H2,1-2H3. The van der Waals surface area contributed by atoms with Crippen LogP contribution < -0.4 is 4.72 Å². The summed E-state index contributed by atoms with van der Waals surface area (Å²) in [5.74, 6) is 0. The van der Waals surface area contributed by atoms with Crippen LogP contribution in [0.15, 0.2) is 29.2 Å². The highest BCUT2D eigenvalue weighted by atomic mass is 79.9. The molecule has 1 N–H and O–H groups in total. The van der Waals surface area contributed by atoms with E-state index in [1.54, 1.807) is 24.3 Å². The molecule has 1 aromatic rings. The van der Waals surface area contributed by atoms with Crippen LogP contribution in [-0.2, 0) is 10.0 Å². The third kappa shape index (κ3) is 3.59. The number of rotatable bonds is 4. The molecule has 0 aromatic heterocycles. The maximum Gasteiger partial charge on any atom is 0.241 e.